The number of carbonyl (C=O) groups excluding carboxylic acids is 4. The first kappa shape index (κ1) is 46.8. The third-order valence-electron chi connectivity index (χ3n) is 9.30. The molecule has 1 saturated heterocycles. The van der Waals surface area contributed by atoms with Crippen molar-refractivity contribution in [3.63, 3.8) is 0 Å². The van der Waals surface area contributed by atoms with Crippen molar-refractivity contribution in [2.45, 2.75) is 154 Å². The van der Waals surface area contributed by atoms with E-state index >= 15 is 0 Å². The Labute approximate surface area is 310 Å². The molecule has 1 rings (SSSR count). The topological polar surface area (TPSA) is 201 Å². The number of carbonyl (C=O) groups is 6. The number of nitrogens with one attached hydrogen (secondary N) is 3. The van der Waals surface area contributed by atoms with Crippen LogP contribution in [0.25, 0.3) is 0 Å². The summed E-state index contributed by atoms with van der Waals surface area (Å²) in [6.07, 6.45) is 17.0. The molecule has 300 valence electrons. The van der Waals surface area contributed by atoms with Crippen molar-refractivity contribution in [1.29, 1.82) is 0 Å². The summed E-state index contributed by atoms with van der Waals surface area (Å²) < 4.78 is 10.7. The Balaban J connectivity index is 2.06. The number of Topliss-reactive ketones (excluding diaryl/α,β-unsaturated/α-hetero) is 1. The number of carboxylic acids is 2. The predicted octanol–water partition coefficient (Wildman–Crippen LogP) is 5.21. The zero-order valence-electron chi connectivity index (χ0n) is 31.9. The average molecular weight is 741 g/mol. The minimum Gasteiger partial charge on any atom is -0.481 e. The molecule has 1 fully saturated rings. The second-order valence-electron chi connectivity index (χ2n) is 14.2. The van der Waals surface area contributed by atoms with E-state index in [2.05, 4.69) is 16.0 Å². The van der Waals surface area contributed by atoms with Crippen LogP contribution in [-0.4, -0.2) is 109 Å². The number of ketones is 1. The van der Waals surface area contributed by atoms with Gasteiger partial charge < -0.3 is 40.5 Å². The van der Waals surface area contributed by atoms with E-state index < -0.39 is 18.0 Å². The number of carboxylic acid groups (broad SMARTS) is 2. The van der Waals surface area contributed by atoms with Crippen molar-refractivity contribution in [2.75, 3.05) is 46.1 Å². The van der Waals surface area contributed by atoms with Crippen LogP contribution in [-0.2, 0) is 33.4 Å². The van der Waals surface area contributed by atoms with Crippen LogP contribution in [0, 0.1) is 5.92 Å². The molecule has 0 aromatic rings. The Hall–Kier alpha value is -3.26. The smallest absolute Gasteiger partial charge is 0.326 e. The Bertz CT molecular complexity index is 1030. The number of nitrogens with zero attached hydrogens (tertiary/aromatic N) is 1. The number of rotatable bonds is 32. The van der Waals surface area contributed by atoms with Gasteiger partial charge in [0.1, 0.15) is 12.6 Å². The number of piperidine rings is 1. The van der Waals surface area contributed by atoms with E-state index in [1.165, 1.54) is 44.9 Å². The van der Waals surface area contributed by atoms with Crippen molar-refractivity contribution >= 4 is 35.6 Å². The van der Waals surface area contributed by atoms with E-state index in [0.29, 0.717) is 58.7 Å². The summed E-state index contributed by atoms with van der Waals surface area (Å²) in [6.45, 7) is 5.88. The van der Waals surface area contributed by atoms with Crippen molar-refractivity contribution in [2.24, 2.45) is 5.92 Å². The fourth-order valence-corrected chi connectivity index (χ4v) is 5.94. The lowest BCUT2D eigenvalue weighted by Gasteiger charge is -2.32. The second kappa shape index (κ2) is 30.2. The lowest BCUT2D eigenvalue weighted by molar-refractivity contribution is -0.142. The predicted molar refractivity (Wildman–Crippen MR) is 198 cm³/mol. The highest BCUT2D eigenvalue weighted by molar-refractivity contribution is 5.84. The third kappa shape index (κ3) is 25.7. The number of unbranched alkanes of at least 4 members (excludes halogenated alkanes) is 13. The first-order valence-electron chi connectivity index (χ1n) is 19.7. The highest BCUT2D eigenvalue weighted by Crippen LogP contribution is 2.15. The van der Waals surface area contributed by atoms with Crippen molar-refractivity contribution in [3.05, 3.63) is 0 Å². The number of amides is 4. The van der Waals surface area contributed by atoms with Gasteiger partial charge in [-0.25, -0.2) is 9.59 Å². The van der Waals surface area contributed by atoms with Crippen molar-refractivity contribution in [1.82, 2.24) is 20.9 Å². The molecule has 4 amide bonds. The molecule has 1 heterocycles. The van der Waals surface area contributed by atoms with Crippen LogP contribution in [0.3, 0.4) is 0 Å². The van der Waals surface area contributed by atoms with E-state index in [9.17, 15) is 33.9 Å². The minimum atomic E-state index is -1.15. The molecule has 14 nitrogen and oxygen atoms in total. The Morgan fingerprint density at radius 2 is 1.21 bits per heavy atom. The number of hydrogen-bond donors (Lipinski definition) is 5. The van der Waals surface area contributed by atoms with Gasteiger partial charge in [0, 0.05) is 50.9 Å². The maximum atomic E-state index is 12.8. The van der Waals surface area contributed by atoms with Crippen LogP contribution in [0.1, 0.15) is 142 Å². The summed E-state index contributed by atoms with van der Waals surface area (Å²) in [5.41, 5.74) is 0. The zero-order valence-corrected chi connectivity index (χ0v) is 31.9. The van der Waals surface area contributed by atoms with Crippen LogP contribution in [0.5, 0.6) is 0 Å². The van der Waals surface area contributed by atoms with Gasteiger partial charge in [0.15, 0.2) is 5.78 Å². The highest BCUT2D eigenvalue weighted by Gasteiger charge is 2.26. The monoisotopic (exact) mass is 740 g/mol. The van der Waals surface area contributed by atoms with Crippen LogP contribution >= 0.6 is 0 Å². The van der Waals surface area contributed by atoms with Gasteiger partial charge >= 0.3 is 18.0 Å². The maximum absolute atomic E-state index is 12.8. The summed E-state index contributed by atoms with van der Waals surface area (Å²) in [4.78, 5) is 72.9. The Morgan fingerprint density at radius 1 is 0.692 bits per heavy atom. The first-order chi connectivity index (χ1) is 25.0. The van der Waals surface area contributed by atoms with E-state index in [0.717, 1.165) is 38.5 Å². The number of hydrogen-bond acceptors (Lipinski definition) is 8. The van der Waals surface area contributed by atoms with Gasteiger partial charge in [-0.1, -0.05) is 90.9 Å². The molecule has 52 heavy (non-hydrogen) atoms. The van der Waals surface area contributed by atoms with Crippen molar-refractivity contribution in [3.8, 4) is 0 Å². The lowest BCUT2D eigenvalue weighted by atomic mass is 10.0. The van der Waals surface area contributed by atoms with Crippen LogP contribution in [0.15, 0.2) is 0 Å². The number of urea groups is 1. The second-order valence-corrected chi connectivity index (χ2v) is 14.2. The molecule has 0 aliphatic carbocycles. The molecule has 1 aliphatic heterocycles. The van der Waals surface area contributed by atoms with Gasteiger partial charge in [0.05, 0.1) is 19.8 Å². The van der Waals surface area contributed by atoms with Gasteiger partial charge in [-0.3, -0.25) is 19.2 Å². The molecule has 0 saturated carbocycles. The molecule has 0 aromatic heterocycles. The summed E-state index contributed by atoms with van der Waals surface area (Å²) in [5, 5.41) is 26.5. The fourth-order valence-electron chi connectivity index (χ4n) is 5.94. The fraction of sp³-hybridized carbons (Fsp3) is 0.842. The normalized spacial score (nSPS) is 13.9. The molecule has 0 aromatic carbocycles. The quantitative estimate of drug-likeness (QED) is 0.0570. The van der Waals surface area contributed by atoms with Crippen LogP contribution in [0.4, 0.5) is 4.79 Å². The zero-order chi connectivity index (χ0) is 38.4. The SMILES string of the molecule is CC(C)C(=O)COCCOCCNC(=O)NC1CCN(C(=O)CC[C@H](NC(=O)CCCCCCCCCCCCCCCCC(=O)O)C(=O)O)CC1. The Kier molecular flexibility index (Phi) is 27.2. The van der Waals surface area contributed by atoms with Gasteiger partial charge in [-0.05, 0) is 32.1 Å². The molecule has 0 spiro atoms. The third-order valence-corrected chi connectivity index (χ3v) is 9.30. The molecule has 0 radical (unpaired) electrons. The molecule has 14 heteroatoms. The number of likely N-dealkylation sites (tertiary alicyclic amines) is 1. The number of ether oxygens (including phenoxy) is 2. The van der Waals surface area contributed by atoms with E-state index in [1.54, 1.807) is 4.90 Å². The molecular weight excluding hydrogens is 672 g/mol. The summed E-state index contributed by atoms with van der Waals surface area (Å²) in [7, 11) is 0. The van der Waals surface area contributed by atoms with E-state index in [4.69, 9.17) is 14.6 Å². The summed E-state index contributed by atoms with van der Waals surface area (Å²) >= 11 is 0. The molecule has 0 bridgehead atoms. The van der Waals surface area contributed by atoms with Gasteiger partial charge in [0.2, 0.25) is 11.8 Å². The molecule has 1 aliphatic rings. The summed E-state index contributed by atoms with van der Waals surface area (Å²) in [6, 6.07) is -1.51. The highest BCUT2D eigenvalue weighted by atomic mass is 16.5. The van der Waals surface area contributed by atoms with Crippen molar-refractivity contribution < 1.29 is 48.5 Å². The summed E-state index contributed by atoms with van der Waals surface area (Å²) in [5.74, 6) is -2.35. The molecular formula is C38H68N4O10. The number of aliphatic carboxylic acids is 2. The maximum Gasteiger partial charge on any atom is 0.326 e. The Morgan fingerprint density at radius 3 is 1.73 bits per heavy atom. The van der Waals surface area contributed by atoms with Crippen LogP contribution < -0.4 is 16.0 Å². The van der Waals surface area contributed by atoms with Gasteiger partial charge in [-0.2, -0.15) is 0 Å². The molecule has 5 N–H and O–H groups in total. The van der Waals surface area contributed by atoms with E-state index in [-0.39, 0.29) is 67.9 Å². The lowest BCUT2D eigenvalue weighted by Crippen LogP contribution is -2.49. The van der Waals surface area contributed by atoms with E-state index in [1.807, 2.05) is 13.8 Å². The van der Waals surface area contributed by atoms with Gasteiger partial charge in [0.25, 0.3) is 0 Å². The molecule has 0 unspecified atom stereocenters. The standard InChI is InChI=1S/C38H68N4O10/c1-30(2)33(43)29-52-28-27-51-26-23-39-38(50)40-31-21-24-42(25-22-31)35(45)20-19-32(37(48)49)41-34(44)17-15-13-11-9-7-5-3-4-6-8-10-12-14-16-18-36(46)47/h30-32H,3-29H2,1-2H3,(H,41,44)(H,46,47)(H,48,49)(H2,39,40,50)/t32-/m0/s1. The first-order valence-corrected chi connectivity index (χ1v) is 19.7. The van der Waals surface area contributed by atoms with Gasteiger partial charge in [-0.15, -0.1) is 0 Å². The van der Waals surface area contributed by atoms with Crippen LogP contribution in [0.2, 0.25) is 0 Å². The molecule has 1 atom stereocenters. The average Bonchev–Trinajstić information content (AvgIpc) is 3.10. The minimum absolute atomic E-state index is 0.0174. The largest absolute Gasteiger partial charge is 0.481 e.